The van der Waals surface area contributed by atoms with E-state index in [4.69, 9.17) is 5.73 Å². The topological polar surface area (TPSA) is 45.0 Å². The fourth-order valence-corrected chi connectivity index (χ4v) is 1.83. The van der Waals surface area contributed by atoms with E-state index in [-0.39, 0.29) is 0 Å². The van der Waals surface area contributed by atoms with Gasteiger partial charge in [0.15, 0.2) is 0 Å². The van der Waals surface area contributed by atoms with Gasteiger partial charge in [0.2, 0.25) is 0 Å². The van der Waals surface area contributed by atoms with Crippen molar-refractivity contribution in [3.05, 3.63) is 47.8 Å². The van der Waals surface area contributed by atoms with Gasteiger partial charge >= 0.3 is 0 Å². The molecule has 0 fully saturated rings. The van der Waals surface area contributed by atoms with E-state index < -0.39 is 0 Å². The molecule has 0 bridgehead atoms. The molecule has 0 saturated carbocycles. The normalized spacial score (nSPS) is 10.4. The van der Waals surface area contributed by atoms with Gasteiger partial charge in [0, 0.05) is 18.9 Å². The molecule has 0 radical (unpaired) electrons. The Labute approximate surface area is 95.9 Å². The summed E-state index contributed by atoms with van der Waals surface area (Å²) in [5, 5.41) is 0. The minimum atomic E-state index is 0.828. The van der Waals surface area contributed by atoms with Gasteiger partial charge in [-0.15, -0.1) is 0 Å². The fraction of sp³-hybridized carbons (Fsp3) is 0.231. The Morgan fingerprint density at radius 2 is 2.12 bits per heavy atom. The summed E-state index contributed by atoms with van der Waals surface area (Å²) in [4.78, 5) is 5.33. The molecule has 0 aliphatic carbocycles. The molecule has 0 atom stereocenters. The molecule has 84 valence electrons. The maximum Gasteiger partial charge on any atom is 0.0601 e. The van der Waals surface area contributed by atoms with Crippen molar-refractivity contribution in [2.75, 3.05) is 17.7 Å². The number of hydrogen-bond donors (Lipinski definition) is 2. The van der Waals surface area contributed by atoms with Crippen LogP contribution in [0, 0.1) is 6.92 Å². The standard InChI is InChI=1S/C13H17N3/c1-10-5-6-13(12(14)8-10)16(2)9-11-4-3-7-15-11/h3-8,15H,9,14H2,1-2H3. The minimum absolute atomic E-state index is 0.828. The monoisotopic (exact) mass is 215 g/mol. The van der Waals surface area contributed by atoms with Crippen LogP contribution in [0.2, 0.25) is 0 Å². The van der Waals surface area contributed by atoms with Gasteiger partial charge in [0.05, 0.1) is 17.9 Å². The average Bonchev–Trinajstić information content (AvgIpc) is 2.70. The highest BCUT2D eigenvalue weighted by molar-refractivity contribution is 5.68. The number of anilines is 2. The summed E-state index contributed by atoms with van der Waals surface area (Å²) in [6.07, 6.45) is 1.93. The number of aryl methyl sites for hydroxylation is 1. The number of benzene rings is 1. The van der Waals surface area contributed by atoms with Crippen LogP contribution in [-0.4, -0.2) is 12.0 Å². The van der Waals surface area contributed by atoms with Crippen LogP contribution >= 0.6 is 0 Å². The molecule has 0 aliphatic rings. The molecule has 0 unspecified atom stereocenters. The van der Waals surface area contributed by atoms with Crippen molar-refractivity contribution in [2.24, 2.45) is 0 Å². The predicted octanol–water partition coefficient (Wildman–Crippen LogP) is 2.54. The highest BCUT2D eigenvalue weighted by Gasteiger charge is 2.06. The van der Waals surface area contributed by atoms with Crippen LogP contribution in [-0.2, 0) is 6.54 Å². The first-order valence-corrected chi connectivity index (χ1v) is 5.36. The highest BCUT2D eigenvalue weighted by Crippen LogP contribution is 2.24. The molecular weight excluding hydrogens is 198 g/mol. The number of aromatic amines is 1. The van der Waals surface area contributed by atoms with Crippen molar-refractivity contribution < 1.29 is 0 Å². The Balaban J connectivity index is 2.17. The van der Waals surface area contributed by atoms with Crippen molar-refractivity contribution in [3.63, 3.8) is 0 Å². The van der Waals surface area contributed by atoms with Gasteiger partial charge < -0.3 is 15.6 Å². The lowest BCUT2D eigenvalue weighted by Crippen LogP contribution is -2.18. The molecule has 2 aromatic rings. The molecular formula is C13H17N3. The summed E-state index contributed by atoms with van der Waals surface area (Å²) in [7, 11) is 2.04. The van der Waals surface area contributed by atoms with Crippen LogP contribution in [0.4, 0.5) is 11.4 Å². The van der Waals surface area contributed by atoms with Gasteiger partial charge in [0.25, 0.3) is 0 Å². The number of rotatable bonds is 3. The molecule has 3 nitrogen and oxygen atoms in total. The zero-order valence-electron chi connectivity index (χ0n) is 9.70. The Bertz CT molecular complexity index is 460. The van der Waals surface area contributed by atoms with E-state index in [2.05, 4.69) is 28.1 Å². The van der Waals surface area contributed by atoms with E-state index in [0.29, 0.717) is 0 Å². The zero-order chi connectivity index (χ0) is 11.5. The first kappa shape index (κ1) is 10.6. The second-order valence-corrected chi connectivity index (χ2v) is 4.11. The number of H-pyrrole nitrogens is 1. The first-order valence-electron chi connectivity index (χ1n) is 5.36. The second-order valence-electron chi connectivity index (χ2n) is 4.11. The number of nitrogens with one attached hydrogen (secondary N) is 1. The summed E-state index contributed by atoms with van der Waals surface area (Å²) in [6, 6.07) is 10.2. The molecule has 1 heterocycles. The molecule has 3 N–H and O–H groups in total. The quantitative estimate of drug-likeness (QED) is 0.773. The molecule has 0 saturated heterocycles. The number of aromatic nitrogens is 1. The van der Waals surface area contributed by atoms with E-state index in [1.54, 1.807) is 0 Å². The smallest absolute Gasteiger partial charge is 0.0601 e. The van der Waals surface area contributed by atoms with Crippen molar-refractivity contribution in [1.82, 2.24) is 4.98 Å². The molecule has 1 aromatic carbocycles. The van der Waals surface area contributed by atoms with E-state index in [1.165, 1.54) is 11.3 Å². The second kappa shape index (κ2) is 4.31. The molecule has 3 heteroatoms. The van der Waals surface area contributed by atoms with E-state index in [9.17, 15) is 0 Å². The third kappa shape index (κ3) is 2.19. The SMILES string of the molecule is Cc1ccc(N(C)Cc2ccc[nH]2)c(N)c1. The van der Waals surface area contributed by atoms with E-state index in [1.807, 2.05) is 32.3 Å². The minimum Gasteiger partial charge on any atom is -0.397 e. The van der Waals surface area contributed by atoms with Crippen LogP contribution in [0.15, 0.2) is 36.5 Å². The molecule has 2 rings (SSSR count). The maximum atomic E-state index is 6.00. The van der Waals surface area contributed by atoms with Gasteiger partial charge in [-0.05, 0) is 36.8 Å². The van der Waals surface area contributed by atoms with Gasteiger partial charge in [-0.3, -0.25) is 0 Å². The van der Waals surface area contributed by atoms with Crippen molar-refractivity contribution in [3.8, 4) is 0 Å². The van der Waals surface area contributed by atoms with Crippen molar-refractivity contribution in [1.29, 1.82) is 0 Å². The number of nitrogen functional groups attached to an aromatic ring is 1. The third-order valence-corrected chi connectivity index (χ3v) is 2.66. The molecule has 16 heavy (non-hydrogen) atoms. The number of nitrogens with two attached hydrogens (primary N) is 1. The van der Waals surface area contributed by atoms with Gasteiger partial charge in [0.1, 0.15) is 0 Å². The third-order valence-electron chi connectivity index (χ3n) is 2.66. The van der Waals surface area contributed by atoms with Gasteiger partial charge in [-0.2, -0.15) is 0 Å². The summed E-state index contributed by atoms with van der Waals surface area (Å²) in [6.45, 7) is 2.88. The number of hydrogen-bond acceptors (Lipinski definition) is 2. The Kier molecular flexibility index (Phi) is 2.86. The number of nitrogens with zero attached hydrogens (tertiary/aromatic N) is 1. The molecule has 0 amide bonds. The molecule has 0 spiro atoms. The summed E-state index contributed by atoms with van der Waals surface area (Å²) >= 11 is 0. The maximum absolute atomic E-state index is 6.00. The largest absolute Gasteiger partial charge is 0.397 e. The first-order chi connectivity index (χ1) is 7.66. The van der Waals surface area contributed by atoms with E-state index in [0.717, 1.165) is 17.9 Å². The lowest BCUT2D eigenvalue weighted by atomic mass is 10.2. The Hall–Kier alpha value is -1.90. The highest BCUT2D eigenvalue weighted by atomic mass is 15.1. The predicted molar refractivity (Wildman–Crippen MR) is 68.5 cm³/mol. The Morgan fingerprint density at radius 1 is 1.31 bits per heavy atom. The van der Waals surface area contributed by atoms with Gasteiger partial charge in [-0.25, -0.2) is 0 Å². The summed E-state index contributed by atoms with van der Waals surface area (Å²) in [5.41, 5.74) is 10.3. The van der Waals surface area contributed by atoms with Crippen LogP contribution in [0.1, 0.15) is 11.3 Å². The average molecular weight is 215 g/mol. The van der Waals surface area contributed by atoms with Crippen molar-refractivity contribution in [2.45, 2.75) is 13.5 Å². The molecule has 1 aromatic heterocycles. The van der Waals surface area contributed by atoms with Crippen LogP contribution in [0.5, 0.6) is 0 Å². The lowest BCUT2D eigenvalue weighted by Gasteiger charge is -2.20. The van der Waals surface area contributed by atoms with Crippen LogP contribution in [0.3, 0.4) is 0 Å². The van der Waals surface area contributed by atoms with Crippen molar-refractivity contribution >= 4 is 11.4 Å². The van der Waals surface area contributed by atoms with E-state index >= 15 is 0 Å². The van der Waals surface area contributed by atoms with Crippen LogP contribution in [0.25, 0.3) is 0 Å². The Morgan fingerprint density at radius 3 is 2.75 bits per heavy atom. The summed E-state index contributed by atoms with van der Waals surface area (Å²) < 4.78 is 0. The van der Waals surface area contributed by atoms with Crippen LogP contribution < -0.4 is 10.6 Å². The lowest BCUT2D eigenvalue weighted by molar-refractivity contribution is 0.896. The summed E-state index contributed by atoms with van der Waals surface area (Å²) in [5.74, 6) is 0. The zero-order valence-corrected chi connectivity index (χ0v) is 9.70. The fourth-order valence-electron chi connectivity index (χ4n) is 1.83. The van der Waals surface area contributed by atoms with Gasteiger partial charge in [-0.1, -0.05) is 6.07 Å². The molecule has 0 aliphatic heterocycles.